The van der Waals surface area contributed by atoms with Crippen LogP contribution in [0.2, 0.25) is 0 Å². The second-order valence-electron chi connectivity index (χ2n) is 3.81. The molecule has 0 aromatic carbocycles. The van der Waals surface area contributed by atoms with E-state index in [0.29, 0.717) is 18.8 Å². The van der Waals surface area contributed by atoms with Gasteiger partial charge in [-0.3, -0.25) is 4.79 Å². The summed E-state index contributed by atoms with van der Waals surface area (Å²) in [5.41, 5.74) is 6.67. The first-order chi connectivity index (χ1) is 8.67. The fraction of sp³-hybridized carbons (Fsp3) is 0.500. The van der Waals surface area contributed by atoms with Gasteiger partial charge in [0.15, 0.2) is 0 Å². The van der Waals surface area contributed by atoms with Crippen molar-refractivity contribution in [1.82, 2.24) is 10.3 Å². The number of pyridine rings is 1. The molecule has 0 spiro atoms. The van der Waals surface area contributed by atoms with Crippen molar-refractivity contribution in [2.75, 3.05) is 19.1 Å². The number of methoxy groups -OCH3 is 1. The molecule has 0 bridgehead atoms. The Balaban J connectivity index is 2.37. The highest BCUT2D eigenvalue weighted by Crippen LogP contribution is 2.06. The summed E-state index contributed by atoms with van der Waals surface area (Å²) in [7, 11) is 1.56. The van der Waals surface area contributed by atoms with Crippen LogP contribution in [-0.2, 0) is 11.3 Å². The van der Waals surface area contributed by atoms with E-state index in [1.165, 1.54) is 0 Å². The van der Waals surface area contributed by atoms with Gasteiger partial charge in [-0.2, -0.15) is 11.8 Å². The Hall–Kier alpha value is -1.27. The van der Waals surface area contributed by atoms with E-state index in [0.717, 1.165) is 11.3 Å². The van der Waals surface area contributed by atoms with Crippen LogP contribution in [0, 0.1) is 0 Å². The summed E-state index contributed by atoms with van der Waals surface area (Å²) in [6.45, 7) is 0.433. The highest BCUT2D eigenvalue weighted by molar-refractivity contribution is 7.98. The molecule has 1 heterocycles. The molecule has 1 atom stereocenters. The number of amides is 1. The molecule has 100 valence electrons. The van der Waals surface area contributed by atoms with E-state index < -0.39 is 6.04 Å². The monoisotopic (exact) mass is 269 g/mol. The Morgan fingerprint density at radius 3 is 2.94 bits per heavy atom. The predicted molar refractivity (Wildman–Crippen MR) is 73.6 cm³/mol. The van der Waals surface area contributed by atoms with Crippen LogP contribution < -0.4 is 15.8 Å². The average molecular weight is 269 g/mol. The lowest BCUT2D eigenvalue weighted by Crippen LogP contribution is -2.40. The second-order valence-corrected chi connectivity index (χ2v) is 4.80. The van der Waals surface area contributed by atoms with Gasteiger partial charge in [-0.15, -0.1) is 0 Å². The zero-order valence-corrected chi connectivity index (χ0v) is 11.5. The molecule has 6 heteroatoms. The van der Waals surface area contributed by atoms with Crippen LogP contribution in [-0.4, -0.2) is 36.1 Å². The zero-order valence-electron chi connectivity index (χ0n) is 10.7. The molecule has 1 aromatic heterocycles. The Kier molecular flexibility index (Phi) is 6.53. The van der Waals surface area contributed by atoms with Crippen LogP contribution in [0.15, 0.2) is 18.3 Å². The minimum Gasteiger partial charge on any atom is -0.481 e. The number of hydrogen-bond donors (Lipinski definition) is 2. The van der Waals surface area contributed by atoms with Gasteiger partial charge in [-0.25, -0.2) is 4.98 Å². The van der Waals surface area contributed by atoms with E-state index >= 15 is 0 Å². The molecule has 0 saturated carbocycles. The molecule has 5 nitrogen and oxygen atoms in total. The second kappa shape index (κ2) is 7.94. The lowest BCUT2D eigenvalue weighted by atomic mass is 10.2. The first kappa shape index (κ1) is 14.8. The smallest absolute Gasteiger partial charge is 0.237 e. The molecule has 18 heavy (non-hydrogen) atoms. The Morgan fingerprint density at radius 1 is 1.61 bits per heavy atom. The van der Waals surface area contributed by atoms with Gasteiger partial charge in [0.2, 0.25) is 11.8 Å². The van der Waals surface area contributed by atoms with E-state index in [4.69, 9.17) is 10.5 Å². The van der Waals surface area contributed by atoms with Crippen LogP contribution in [0.4, 0.5) is 0 Å². The van der Waals surface area contributed by atoms with Crippen molar-refractivity contribution < 1.29 is 9.53 Å². The quantitative estimate of drug-likeness (QED) is 0.765. The normalized spacial score (nSPS) is 11.9. The Morgan fingerprint density at radius 2 is 2.39 bits per heavy atom. The van der Waals surface area contributed by atoms with Crippen LogP contribution in [0.1, 0.15) is 12.0 Å². The van der Waals surface area contributed by atoms with Gasteiger partial charge < -0.3 is 15.8 Å². The molecule has 0 unspecified atom stereocenters. The average Bonchev–Trinajstić information content (AvgIpc) is 2.42. The summed E-state index contributed by atoms with van der Waals surface area (Å²) >= 11 is 1.68. The number of aromatic nitrogens is 1. The number of hydrogen-bond acceptors (Lipinski definition) is 5. The maximum absolute atomic E-state index is 11.7. The zero-order chi connectivity index (χ0) is 13.4. The van der Waals surface area contributed by atoms with E-state index in [1.807, 2.05) is 12.3 Å². The molecule has 0 aliphatic carbocycles. The highest BCUT2D eigenvalue weighted by atomic mass is 32.2. The molecule has 0 radical (unpaired) electrons. The van der Waals surface area contributed by atoms with E-state index in [-0.39, 0.29) is 5.91 Å². The van der Waals surface area contributed by atoms with Crippen molar-refractivity contribution in [3.8, 4) is 5.88 Å². The predicted octanol–water partition coefficient (Wildman–Crippen LogP) is 0.787. The van der Waals surface area contributed by atoms with Crippen molar-refractivity contribution in [1.29, 1.82) is 0 Å². The summed E-state index contributed by atoms with van der Waals surface area (Å²) in [5, 5.41) is 2.79. The number of ether oxygens (including phenoxy) is 1. The Bertz CT molecular complexity index is 370. The maximum atomic E-state index is 11.7. The van der Waals surface area contributed by atoms with E-state index in [2.05, 4.69) is 10.3 Å². The largest absolute Gasteiger partial charge is 0.481 e. The SMILES string of the molecule is COc1ccc(CNC(=O)[C@H](N)CCSC)cn1. The fourth-order valence-corrected chi connectivity index (χ4v) is 1.82. The topological polar surface area (TPSA) is 77.2 Å². The van der Waals surface area contributed by atoms with Gasteiger partial charge in [0.25, 0.3) is 0 Å². The van der Waals surface area contributed by atoms with Gasteiger partial charge in [0, 0.05) is 18.8 Å². The number of rotatable bonds is 7. The number of nitrogens with one attached hydrogen (secondary N) is 1. The number of thioether (sulfide) groups is 1. The minimum absolute atomic E-state index is 0.125. The van der Waals surface area contributed by atoms with Crippen LogP contribution in [0.25, 0.3) is 0 Å². The van der Waals surface area contributed by atoms with Gasteiger partial charge in [0.05, 0.1) is 13.2 Å². The van der Waals surface area contributed by atoms with E-state index in [9.17, 15) is 4.79 Å². The number of nitrogens with zero attached hydrogens (tertiary/aromatic N) is 1. The molecule has 0 saturated heterocycles. The Labute approximate surface area is 111 Å². The van der Waals surface area contributed by atoms with Crippen molar-refractivity contribution in [2.45, 2.75) is 19.0 Å². The molecular formula is C12H19N3O2S. The van der Waals surface area contributed by atoms with E-state index in [1.54, 1.807) is 31.1 Å². The molecule has 1 amide bonds. The fourth-order valence-electron chi connectivity index (χ4n) is 1.33. The summed E-state index contributed by atoms with van der Waals surface area (Å²) in [6, 6.07) is 3.18. The van der Waals surface area contributed by atoms with Crippen LogP contribution in [0.5, 0.6) is 5.88 Å². The lowest BCUT2D eigenvalue weighted by molar-refractivity contribution is -0.122. The molecule has 0 aliphatic heterocycles. The van der Waals surface area contributed by atoms with Crippen LogP contribution >= 0.6 is 11.8 Å². The first-order valence-corrected chi connectivity index (χ1v) is 7.08. The van der Waals surface area contributed by atoms with Crippen LogP contribution in [0.3, 0.4) is 0 Å². The number of carbonyl (C=O) groups excluding carboxylic acids is 1. The maximum Gasteiger partial charge on any atom is 0.237 e. The summed E-state index contributed by atoms with van der Waals surface area (Å²) in [6.07, 6.45) is 4.36. The molecule has 0 fully saturated rings. The summed E-state index contributed by atoms with van der Waals surface area (Å²) < 4.78 is 4.96. The third-order valence-electron chi connectivity index (χ3n) is 2.44. The summed E-state index contributed by atoms with van der Waals surface area (Å²) in [5.74, 6) is 1.32. The summed E-state index contributed by atoms with van der Waals surface area (Å²) in [4.78, 5) is 15.7. The third kappa shape index (κ3) is 4.93. The van der Waals surface area contributed by atoms with Gasteiger partial charge in [-0.1, -0.05) is 6.07 Å². The molecule has 1 rings (SSSR count). The third-order valence-corrected chi connectivity index (χ3v) is 3.09. The van der Waals surface area contributed by atoms with Crippen molar-refractivity contribution in [3.63, 3.8) is 0 Å². The molecular weight excluding hydrogens is 250 g/mol. The lowest BCUT2D eigenvalue weighted by Gasteiger charge is -2.11. The van der Waals surface area contributed by atoms with Crippen molar-refractivity contribution in [3.05, 3.63) is 23.9 Å². The molecule has 1 aromatic rings. The molecule has 0 aliphatic rings. The number of carbonyl (C=O) groups is 1. The minimum atomic E-state index is -0.441. The van der Waals surface area contributed by atoms with Crippen molar-refractivity contribution >= 4 is 17.7 Å². The van der Waals surface area contributed by atoms with Gasteiger partial charge >= 0.3 is 0 Å². The number of nitrogens with two attached hydrogens (primary N) is 1. The molecule has 3 N–H and O–H groups in total. The van der Waals surface area contributed by atoms with Gasteiger partial charge in [-0.05, 0) is 24.0 Å². The highest BCUT2D eigenvalue weighted by Gasteiger charge is 2.12. The van der Waals surface area contributed by atoms with Crippen molar-refractivity contribution in [2.24, 2.45) is 5.73 Å². The first-order valence-electron chi connectivity index (χ1n) is 5.68. The standard InChI is InChI=1S/C12H19N3O2S/c1-17-11-4-3-9(7-14-11)8-15-12(16)10(13)5-6-18-2/h3-4,7,10H,5-6,8,13H2,1-2H3,(H,15,16)/t10-/m1/s1. The van der Waals surface area contributed by atoms with Gasteiger partial charge in [0.1, 0.15) is 0 Å².